The lowest BCUT2D eigenvalue weighted by atomic mass is 9.79. The number of allylic oxidation sites excluding steroid dienone is 1. The number of hydrogen-bond donors (Lipinski definition) is 1. The van der Waals surface area contributed by atoms with Crippen LogP contribution >= 0.6 is 0 Å². The summed E-state index contributed by atoms with van der Waals surface area (Å²) in [7, 11) is 3.19. The fourth-order valence-electron chi connectivity index (χ4n) is 5.81. The van der Waals surface area contributed by atoms with Gasteiger partial charge in [0, 0.05) is 37.1 Å². The first-order valence-corrected chi connectivity index (χ1v) is 12.6. The zero-order chi connectivity index (χ0) is 26.1. The molecule has 1 amide bonds. The van der Waals surface area contributed by atoms with Gasteiger partial charge >= 0.3 is 0 Å². The first-order valence-electron chi connectivity index (χ1n) is 12.6. The first-order chi connectivity index (χ1) is 17.9. The van der Waals surface area contributed by atoms with E-state index in [9.17, 15) is 14.3 Å². The minimum Gasteiger partial charge on any atom is -0.497 e. The number of carbonyl (C=O) groups excluding carboxylic acids is 1. The van der Waals surface area contributed by atoms with Crippen LogP contribution in [0.15, 0.2) is 59.8 Å². The monoisotopic (exact) mass is 505 g/mol. The number of aliphatic hydroxyl groups is 1. The van der Waals surface area contributed by atoms with Gasteiger partial charge in [0.1, 0.15) is 17.3 Å². The Morgan fingerprint density at radius 2 is 1.86 bits per heavy atom. The van der Waals surface area contributed by atoms with Gasteiger partial charge in [-0.1, -0.05) is 18.1 Å². The summed E-state index contributed by atoms with van der Waals surface area (Å²) in [4.78, 5) is 15.6. The highest BCUT2D eigenvalue weighted by Crippen LogP contribution is 2.47. The molecule has 0 saturated carbocycles. The third-order valence-corrected chi connectivity index (χ3v) is 7.57. The molecule has 2 aromatic carbocycles. The first kappa shape index (κ1) is 25.0. The van der Waals surface area contributed by atoms with E-state index in [0.717, 1.165) is 41.8 Å². The van der Waals surface area contributed by atoms with Crippen LogP contribution in [0.2, 0.25) is 0 Å². The number of aliphatic hydroxyl groups excluding tert-OH is 1. The molecule has 1 heterocycles. The van der Waals surface area contributed by atoms with Crippen molar-refractivity contribution in [2.75, 3.05) is 27.4 Å². The topological polar surface area (TPSA) is 76.8 Å². The van der Waals surface area contributed by atoms with Crippen molar-refractivity contribution in [1.29, 1.82) is 0 Å². The van der Waals surface area contributed by atoms with E-state index >= 15 is 0 Å². The van der Waals surface area contributed by atoms with Crippen LogP contribution in [0.5, 0.6) is 11.5 Å². The number of carbonyl (C=O) groups is 1. The summed E-state index contributed by atoms with van der Waals surface area (Å²) in [6.07, 6.45) is 4.21. The number of halogens is 1. The molecule has 5 rings (SSSR count). The molecule has 2 atom stereocenters. The maximum Gasteiger partial charge on any atom is 0.230 e. The Hall–Kier alpha value is -3.65. The molecular weight excluding hydrogens is 473 g/mol. The molecule has 7 nitrogen and oxygen atoms in total. The van der Waals surface area contributed by atoms with E-state index < -0.39 is 0 Å². The van der Waals surface area contributed by atoms with E-state index in [-0.39, 0.29) is 36.7 Å². The number of aromatic nitrogens is 2. The summed E-state index contributed by atoms with van der Waals surface area (Å²) in [5, 5.41) is 14.4. The highest BCUT2D eigenvalue weighted by Gasteiger charge is 2.40. The Morgan fingerprint density at radius 1 is 1.16 bits per heavy atom. The molecule has 0 saturated heterocycles. The van der Waals surface area contributed by atoms with E-state index in [4.69, 9.17) is 9.47 Å². The Kier molecular flexibility index (Phi) is 7.02. The van der Waals surface area contributed by atoms with Gasteiger partial charge in [-0.05, 0) is 54.8 Å². The van der Waals surface area contributed by atoms with Crippen LogP contribution in [0.3, 0.4) is 0 Å². The smallest absolute Gasteiger partial charge is 0.230 e. The third kappa shape index (κ3) is 4.73. The number of ether oxygens (including phenoxy) is 2. The molecule has 1 N–H and O–H groups in total. The summed E-state index contributed by atoms with van der Waals surface area (Å²) >= 11 is 0. The molecular formula is C29H32FN3O4. The highest BCUT2D eigenvalue weighted by atomic mass is 19.1. The van der Waals surface area contributed by atoms with Gasteiger partial charge in [0.2, 0.25) is 5.91 Å². The van der Waals surface area contributed by atoms with Crippen molar-refractivity contribution in [2.45, 2.75) is 38.6 Å². The molecule has 0 aliphatic heterocycles. The number of fused-ring (bicyclic) bond motifs is 1. The summed E-state index contributed by atoms with van der Waals surface area (Å²) in [5.41, 5.74) is 6.38. The number of methoxy groups -OCH3 is 2. The highest BCUT2D eigenvalue weighted by molar-refractivity contribution is 5.83. The molecule has 1 aromatic heterocycles. The van der Waals surface area contributed by atoms with Crippen molar-refractivity contribution < 1.29 is 23.8 Å². The standard InChI is InChI=1S/C29H32FN3O4/c1-18-26-16-31-33(22-7-5-21(30)6-8-22)27(26)14-20-4-9-25(28(18)20)29(35)32(10-11-34)17-19-12-23(36-2)15-24(13-19)37-3/h5-8,12-13,15-16,18,25,34H,4,9-11,14,17H2,1-3H3/t18-,25+/m0/s1. The van der Waals surface area contributed by atoms with Crippen LogP contribution in [0.1, 0.15) is 42.5 Å². The summed E-state index contributed by atoms with van der Waals surface area (Å²) in [6, 6.07) is 11.9. The molecule has 0 radical (unpaired) electrons. The van der Waals surface area contributed by atoms with Crippen molar-refractivity contribution >= 4 is 5.91 Å². The predicted molar refractivity (Wildman–Crippen MR) is 137 cm³/mol. The molecule has 0 spiro atoms. The maximum absolute atomic E-state index is 13.9. The van der Waals surface area contributed by atoms with E-state index in [2.05, 4.69) is 12.0 Å². The predicted octanol–water partition coefficient (Wildman–Crippen LogP) is 4.42. The van der Waals surface area contributed by atoms with Gasteiger partial charge in [-0.25, -0.2) is 9.07 Å². The number of rotatable bonds is 8. The molecule has 0 unspecified atom stereocenters. The number of amides is 1. The zero-order valence-corrected chi connectivity index (χ0v) is 21.4. The van der Waals surface area contributed by atoms with Crippen LogP contribution in [-0.2, 0) is 17.8 Å². The zero-order valence-electron chi connectivity index (χ0n) is 21.4. The Bertz CT molecular complexity index is 1310. The fourth-order valence-corrected chi connectivity index (χ4v) is 5.81. The minimum atomic E-state index is -0.278. The molecule has 3 aromatic rings. The van der Waals surface area contributed by atoms with Gasteiger partial charge in [-0.2, -0.15) is 5.10 Å². The van der Waals surface area contributed by atoms with Gasteiger partial charge in [0.15, 0.2) is 0 Å². The second-order valence-corrected chi connectivity index (χ2v) is 9.69. The van der Waals surface area contributed by atoms with E-state index in [1.165, 1.54) is 23.3 Å². The molecule has 194 valence electrons. The quantitative estimate of drug-likeness (QED) is 0.459. The van der Waals surface area contributed by atoms with Gasteiger partial charge in [0.25, 0.3) is 0 Å². The molecule has 0 fully saturated rings. The Morgan fingerprint density at radius 3 is 2.51 bits per heavy atom. The number of nitrogens with zero attached hydrogens (tertiary/aromatic N) is 3. The van der Waals surface area contributed by atoms with E-state index in [0.29, 0.717) is 18.0 Å². The maximum atomic E-state index is 13.9. The van der Waals surface area contributed by atoms with Crippen LogP contribution in [0.4, 0.5) is 4.39 Å². The Labute approximate surface area is 216 Å². The molecule has 37 heavy (non-hydrogen) atoms. The van der Waals surface area contributed by atoms with Gasteiger partial charge < -0.3 is 19.5 Å². The van der Waals surface area contributed by atoms with E-state index in [1.54, 1.807) is 37.3 Å². The van der Waals surface area contributed by atoms with E-state index in [1.807, 2.05) is 23.0 Å². The summed E-state index contributed by atoms with van der Waals surface area (Å²) in [6.45, 7) is 2.63. The number of hydrogen-bond acceptors (Lipinski definition) is 5. The lowest BCUT2D eigenvalue weighted by Gasteiger charge is -2.30. The number of benzene rings is 2. The summed E-state index contributed by atoms with van der Waals surface area (Å²) < 4.78 is 26.1. The molecule has 2 aliphatic rings. The second-order valence-electron chi connectivity index (χ2n) is 9.69. The molecule has 0 bridgehead atoms. The van der Waals surface area contributed by atoms with Crippen LogP contribution in [-0.4, -0.2) is 53.1 Å². The Balaban J connectivity index is 1.40. The third-order valence-electron chi connectivity index (χ3n) is 7.57. The average Bonchev–Trinajstić information content (AvgIpc) is 3.53. The lowest BCUT2D eigenvalue weighted by molar-refractivity contribution is -0.135. The van der Waals surface area contributed by atoms with Crippen LogP contribution in [0, 0.1) is 11.7 Å². The molecule has 2 aliphatic carbocycles. The minimum absolute atomic E-state index is 0.0297. The lowest BCUT2D eigenvalue weighted by Crippen LogP contribution is -2.38. The fraction of sp³-hybridized carbons (Fsp3) is 0.379. The van der Waals surface area contributed by atoms with Crippen molar-refractivity contribution in [3.05, 3.63) is 82.4 Å². The SMILES string of the molecule is COc1cc(CN(CCO)C(=O)[C@@H]2CCC3=C2[C@@H](C)c2cnn(-c4ccc(F)cc4)c2C3)cc(OC)c1. The van der Waals surface area contributed by atoms with Crippen molar-refractivity contribution in [3.8, 4) is 17.2 Å². The second kappa shape index (κ2) is 10.4. The van der Waals surface area contributed by atoms with Crippen molar-refractivity contribution in [2.24, 2.45) is 5.92 Å². The van der Waals surface area contributed by atoms with Crippen LogP contribution < -0.4 is 9.47 Å². The van der Waals surface area contributed by atoms with Crippen LogP contribution in [0.25, 0.3) is 5.69 Å². The molecule has 8 heteroatoms. The largest absolute Gasteiger partial charge is 0.497 e. The van der Waals surface area contributed by atoms with Gasteiger partial charge in [-0.15, -0.1) is 0 Å². The van der Waals surface area contributed by atoms with Gasteiger partial charge in [-0.3, -0.25) is 4.79 Å². The van der Waals surface area contributed by atoms with Crippen molar-refractivity contribution in [3.63, 3.8) is 0 Å². The van der Waals surface area contributed by atoms with Crippen molar-refractivity contribution in [1.82, 2.24) is 14.7 Å². The normalized spacial score (nSPS) is 18.4. The van der Waals surface area contributed by atoms with Gasteiger partial charge in [0.05, 0.1) is 44.3 Å². The average molecular weight is 506 g/mol. The summed E-state index contributed by atoms with van der Waals surface area (Å²) in [5.74, 6) is 0.886.